The molecule has 28 heavy (non-hydrogen) atoms. The molecule has 5 heteroatoms. The highest BCUT2D eigenvalue weighted by Gasteiger charge is 2.18. The Morgan fingerprint density at radius 2 is 1.57 bits per heavy atom. The van der Waals surface area contributed by atoms with E-state index in [2.05, 4.69) is 11.1 Å². The van der Waals surface area contributed by atoms with Crippen molar-refractivity contribution in [1.82, 2.24) is 4.98 Å². The molecule has 1 heterocycles. The summed E-state index contributed by atoms with van der Waals surface area (Å²) in [4.78, 5) is 17.6. The highest BCUT2D eigenvalue weighted by atomic mass is 32.1. The maximum absolute atomic E-state index is 12.9. The molecule has 0 amide bonds. The molecule has 0 aliphatic heterocycles. The van der Waals surface area contributed by atoms with E-state index in [4.69, 9.17) is 9.47 Å². The van der Waals surface area contributed by atoms with Gasteiger partial charge in [-0.1, -0.05) is 42.5 Å². The minimum Gasteiger partial charge on any atom is -0.496 e. The minimum atomic E-state index is -0.0398. The number of carbonyl (C=O) groups excluding carboxylic acids is 1. The molecule has 0 atom stereocenters. The second-order valence-electron chi connectivity index (χ2n) is 6.32. The zero-order valence-corrected chi connectivity index (χ0v) is 16.5. The van der Waals surface area contributed by atoms with E-state index in [0.29, 0.717) is 17.1 Å². The molecule has 0 bridgehead atoms. The second kappa shape index (κ2) is 7.82. The van der Waals surface area contributed by atoms with E-state index in [1.165, 1.54) is 4.70 Å². The summed E-state index contributed by atoms with van der Waals surface area (Å²) in [7, 11) is 3.11. The molecule has 0 N–H and O–H groups in total. The van der Waals surface area contributed by atoms with Crippen LogP contribution in [-0.4, -0.2) is 25.0 Å². The first kappa shape index (κ1) is 18.2. The third-order valence-corrected chi connectivity index (χ3v) is 5.65. The summed E-state index contributed by atoms with van der Waals surface area (Å²) in [6.45, 7) is 0. The molecule has 0 aliphatic carbocycles. The standard InChI is InChI=1S/C23H19NO3S/c1-26-19-7-5-8-20(27-2)22(19)18(25)14-15-10-12-16(13-11-15)23-24-17-6-3-4-9-21(17)28-23/h3-13H,14H2,1-2H3. The van der Waals surface area contributed by atoms with Gasteiger partial charge in [0.05, 0.1) is 24.4 Å². The topological polar surface area (TPSA) is 48.4 Å². The summed E-state index contributed by atoms with van der Waals surface area (Å²) in [5.74, 6) is 1.01. The number of benzene rings is 3. The van der Waals surface area contributed by atoms with Crippen LogP contribution in [0.4, 0.5) is 0 Å². The molecule has 0 radical (unpaired) electrons. The van der Waals surface area contributed by atoms with Crippen molar-refractivity contribution in [2.24, 2.45) is 0 Å². The number of aromatic nitrogens is 1. The van der Waals surface area contributed by atoms with Gasteiger partial charge in [-0.2, -0.15) is 0 Å². The average molecular weight is 389 g/mol. The molecule has 1 aromatic heterocycles. The zero-order chi connectivity index (χ0) is 19.5. The first-order valence-corrected chi connectivity index (χ1v) is 9.70. The van der Waals surface area contributed by atoms with Gasteiger partial charge in [0.25, 0.3) is 0 Å². The Labute approximate surface area is 167 Å². The third kappa shape index (κ3) is 3.49. The number of hydrogen-bond acceptors (Lipinski definition) is 5. The highest BCUT2D eigenvalue weighted by molar-refractivity contribution is 7.21. The van der Waals surface area contributed by atoms with Gasteiger partial charge in [-0.25, -0.2) is 4.98 Å². The van der Waals surface area contributed by atoms with E-state index in [9.17, 15) is 4.79 Å². The van der Waals surface area contributed by atoms with Crippen molar-refractivity contribution in [3.05, 3.63) is 77.9 Å². The monoisotopic (exact) mass is 389 g/mol. The lowest BCUT2D eigenvalue weighted by Gasteiger charge is -2.12. The van der Waals surface area contributed by atoms with Crippen LogP contribution in [0.3, 0.4) is 0 Å². The van der Waals surface area contributed by atoms with Gasteiger partial charge in [-0.15, -0.1) is 11.3 Å². The normalized spacial score (nSPS) is 10.8. The Kier molecular flexibility index (Phi) is 5.08. The number of hydrogen-bond donors (Lipinski definition) is 0. The van der Waals surface area contributed by atoms with E-state index in [-0.39, 0.29) is 12.2 Å². The van der Waals surface area contributed by atoms with Crippen LogP contribution < -0.4 is 9.47 Å². The smallest absolute Gasteiger partial charge is 0.174 e. The van der Waals surface area contributed by atoms with Gasteiger partial charge in [-0.05, 0) is 29.8 Å². The molecule has 3 aromatic carbocycles. The molecule has 0 saturated heterocycles. The summed E-state index contributed by atoms with van der Waals surface area (Å²) in [5.41, 5.74) is 3.46. The van der Waals surface area contributed by atoms with Crippen LogP contribution in [-0.2, 0) is 6.42 Å². The fraction of sp³-hybridized carbons (Fsp3) is 0.130. The molecule has 140 valence electrons. The van der Waals surface area contributed by atoms with Crippen molar-refractivity contribution >= 4 is 27.3 Å². The summed E-state index contributed by atoms with van der Waals surface area (Å²) < 4.78 is 11.9. The summed E-state index contributed by atoms with van der Waals surface area (Å²) in [6.07, 6.45) is 0.275. The fourth-order valence-corrected chi connectivity index (χ4v) is 4.13. The lowest BCUT2D eigenvalue weighted by molar-refractivity contribution is 0.0987. The maximum atomic E-state index is 12.9. The number of ether oxygens (including phenoxy) is 2. The predicted molar refractivity (Wildman–Crippen MR) is 113 cm³/mol. The average Bonchev–Trinajstić information content (AvgIpc) is 3.17. The first-order valence-electron chi connectivity index (χ1n) is 8.88. The Morgan fingerprint density at radius 1 is 0.893 bits per heavy atom. The van der Waals surface area contributed by atoms with Crippen molar-refractivity contribution in [2.75, 3.05) is 14.2 Å². The van der Waals surface area contributed by atoms with E-state index in [0.717, 1.165) is 21.7 Å². The van der Waals surface area contributed by atoms with E-state index in [1.54, 1.807) is 43.8 Å². The molecule has 0 spiro atoms. The molecular formula is C23H19NO3S. The Balaban J connectivity index is 1.57. The largest absolute Gasteiger partial charge is 0.496 e. The molecule has 4 aromatic rings. The van der Waals surface area contributed by atoms with Crippen LogP contribution in [0.25, 0.3) is 20.8 Å². The number of Topliss-reactive ketones (excluding diaryl/α,β-unsaturated/α-hetero) is 1. The number of fused-ring (bicyclic) bond motifs is 1. The van der Waals surface area contributed by atoms with E-state index < -0.39 is 0 Å². The van der Waals surface area contributed by atoms with Crippen molar-refractivity contribution in [2.45, 2.75) is 6.42 Å². The van der Waals surface area contributed by atoms with Gasteiger partial charge in [-0.3, -0.25) is 4.79 Å². The first-order chi connectivity index (χ1) is 13.7. The number of thiazole rings is 1. The SMILES string of the molecule is COc1cccc(OC)c1C(=O)Cc1ccc(-c2nc3ccccc3s2)cc1. The third-order valence-electron chi connectivity index (χ3n) is 4.57. The molecule has 0 saturated carbocycles. The lowest BCUT2D eigenvalue weighted by Crippen LogP contribution is -2.08. The molecule has 4 rings (SSSR count). The van der Waals surface area contributed by atoms with Crippen LogP contribution in [0, 0.1) is 0 Å². The minimum absolute atomic E-state index is 0.0398. The quantitative estimate of drug-likeness (QED) is 0.414. The molecular weight excluding hydrogens is 370 g/mol. The molecule has 4 nitrogen and oxygen atoms in total. The van der Waals surface area contributed by atoms with Crippen LogP contribution >= 0.6 is 11.3 Å². The van der Waals surface area contributed by atoms with Gasteiger partial charge >= 0.3 is 0 Å². The van der Waals surface area contributed by atoms with Crippen LogP contribution in [0.1, 0.15) is 15.9 Å². The summed E-state index contributed by atoms with van der Waals surface area (Å²) in [6, 6.07) is 21.4. The molecule has 0 unspecified atom stereocenters. The van der Waals surface area contributed by atoms with Crippen molar-refractivity contribution in [3.63, 3.8) is 0 Å². The maximum Gasteiger partial charge on any atom is 0.174 e. The number of methoxy groups -OCH3 is 2. The van der Waals surface area contributed by atoms with Gasteiger partial charge < -0.3 is 9.47 Å². The predicted octanol–water partition coefficient (Wildman–Crippen LogP) is 5.41. The van der Waals surface area contributed by atoms with Gasteiger partial charge in [0.1, 0.15) is 22.1 Å². The lowest BCUT2D eigenvalue weighted by atomic mass is 10.0. The number of carbonyl (C=O) groups is 1. The summed E-state index contributed by atoms with van der Waals surface area (Å²) >= 11 is 1.67. The number of para-hydroxylation sites is 1. The van der Waals surface area contributed by atoms with Crippen molar-refractivity contribution < 1.29 is 14.3 Å². The van der Waals surface area contributed by atoms with E-state index >= 15 is 0 Å². The van der Waals surface area contributed by atoms with Crippen LogP contribution in [0.5, 0.6) is 11.5 Å². The van der Waals surface area contributed by atoms with Crippen molar-refractivity contribution in [1.29, 1.82) is 0 Å². The van der Waals surface area contributed by atoms with E-state index in [1.807, 2.05) is 42.5 Å². The fourth-order valence-electron chi connectivity index (χ4n) is 3.16. The Hall–Kier alpha value is -3.18. The molecule has 0 fully saturated rings. The number of nitrogens with zero attached hydrogens (tertiary/aromatic N) is 1. The Morgan fingerprint density at radius 3 is 2.21 bits per heavy atom. The van der Waals surface area contributed by atoms with Gasteiger partial charge in [0, 0.05) is 12.0 Å². The molecule has 0 aliphatic rings. The number of rotatable bonds is 6. The Bertz CT molecular complexity index is 1080. The van der Waals surface area contributed by atoms with Crippen LogP contribution in [0.2, 0.25) is 0 Å². The van der Waals surface area contributed by atoms with Crippen molar-refractivity contribution in [3.8, 4) is 22.1 Å². The van der Waals surface area contributed by atoms with Gasteiger partial charge in [0.2, 0.25) is 0 Å². The van der Waals surface area contributed by atoms with Gasteiger partial charge in [0.15, 0.2) is 5.78 Å². The second-order valence-corrected chi connectivity index (χ2v) is 7.35. The highest BCUT2D eigenvalue weighted by Crippen LogP contribution is 2.31. The zero-order valence-electron chi connectivity index (χ0n) is 15.6. The summed E-state index contributed by atoms with van der Waals surface area (Å²) in [5, 5.41) is 0.977. The number of ketones is 1. The van der Waals surface area contributed by atoms with Crippen LogP contribution in [0.15, 0.2) is 66.7 Å².